The molecule has 0 aromatic heterocycles. The monoisotopic (exact) mass is 265 g/mol. The van der Waals surface area contributed by atoms with Crippen LogP contribution in [-0.2, 0) is 11.2 Å². The second kappa shape index (κ2) is 5.75. The molecule has 1 aliphatic carbocycles. The van der Waals surface area contributed by atoms with Gasteiger partial charge in [-0.3, -0.25) is 4.79 Å². The summed E-state index contributed by atoms with van der Waals surface area (Å²) in [6.45, 7) is 2.14. The molecule has 18 heavy (non-hydrogen) atoms. The van der Waals surface area contributed by atoms with Gasteiger partial charge >= 0.3 is 0 Å². The zero-order valence-electron chi connectivity index (χ0n) is 11.0. The predicted octanol–water partition coefficient (Wildman–Crippen LogP) is 3.53. The van der Waals surface area contributed by atoms with Crippen molar-refractivity contribution in [3.8, 4) is 0 Å². The number of amides is 1. The van der Waals surface area contributed by atoms with Crippen molar-refractivity contribution in [2.75, 3.05) is 7.05 Å². The maximum absolute atomic E-state index is 12.1. The van der Waals surface area contributed by atoms with Gasteiger partial charge in [0.2, 0.25) is 5.91 Å². The van der Waals surface area contributed by atoms with Gasteiger partial charge in [-0.05, 0) is 43.7 Å². The molecule has 1 unspecified atom stereocenters. The standard InChI is InChI=1S/C15H20ClNO/c1-11(12-7-8-12)17(2)15(18)10-9-13-5-3-4-6-14(13)16/h3-6,11-12H,7-10H2,1-2H3. The Hall–Kier alpha value is -1.02. The van der Waals surface area contributed by atoms with E-state index in [-0.39, 0.29) is 5.91 Å². The maximum Gasteiger partial charge on any atom is 0.222 e. The SMILES string of the molecule is CC(C1CC1)N(C)C(=O)CCc1ccccc1Cl. The third-order valence-corrected chi connectivity index (χ3v) is 4.24. The highest BCUT2D eigenvalue weighted by molar-refractivity contribution is 6.31. The zero-order valence-corrected chi connectivity index (χ0v) is 11.8. The first kappa shape index (κ1) is 13.4. The molecular formula is C15H20ClNO. The first-order valence-corrected chi connectivity index (χ1v) is 6.96. The summed E-state index contributed by atoms with van der Waals surface area (Å²) < 4.78 is 0. The molecule has 0 N–H and O–H groups in total. The molecule has 1 aromatic carbocycles. The van der Waals surface area contributed by atoms with Crippen LogP contribution in [-0.4, -0.2) is 23.9 Å². The Balaban J connectivity index is 1.86. The van der Waals surface area contributed by atoms with E-state index in [0.29, 0.717) is 12.5 Å². The average molecular weight is 266 g/mol. The lowest BCUT2D eigenvalue weighted by Crippen LogP contribution is -2.36. The van der Waals surface area contributed by atoms with Crippen molar-refractivity contribution in [3.05, 3.63) is 34.9 Å². The lowest BCUT2D eigenvalue weighted by molar-refractivity contribution is -0.132. The third kappa shape index (κ3) is 3.26. The van der Waals surface area contributed by atoms with Gasteiger partial charge in [-0.15, -0.1) is 0 Å². The minimum Gasteiger partial charge on any atom is -0.343 e. The van der Waals surface area contributed by atoms with Crippen LogP contribution in [0.3, 0.4) is 0 Å². The Morgan fingerprint density at radius 2 is 2.11 bits per heavy atom. The number of hydrogen-bond donors (Lipinski definition) is 0. The van der Waals surface area contributed by atoms with E-state index < -0.39 is 0 Å². The second-order valence-electron chi connectivity index (χ2n) is 5.17. The van der Waals surface area contributed by atoms with Crippen molar-refractivity contribution >= 4 is 17.5 Å². The van der Waals surface area contributed by atoms with Crippen molar-refractivity contribution in [1.29, 1.82) is 0 Å². The summed E-state index contributed by atoms with van der Waals surface area (Å²) in [7, 11) is 1.91. The van der Waals surface area contributed by atoms with Gasteiger partial charge in [-0.2, -0.15) is 0 Å². The molecule has 1 amide bonds. The molecule has 0 aliphatic heterocycles. The average Bonchev–Trinajstić information content (AvgIpc) is 3.20. The number of aryl methyl sites for hydroxylation is 1. The van der Waals surface area contributed by atoms with Crippen molar-refractivity contribution in [3.63, 3.8) is 0 Å². The molecule has 1 saturated carbocycles. The molecule has 1 aromatic rings. The molecule has 1 atom stereocenters. The van der Waals surface area contributed by atoms with Crippen molar-refractivity contribution in [1.82, 2.24) is 4.90 Å². The van der Waals surface area contributed by atoms with Crippen LogP contribution < -0.4 is 0 Å². The normalized spacial score (nSPS) is 16.4. The Morgan fingerprint density at radius 3 is 2.72 bits per heavy atom. The van der Waals surface area contributed by atoms with Gasteiger partial charge in [0, 0.05) is 24.5 Å². The van der Waals surface area contributed by atoms with Gasteiger partial charge in [0.1, 0.15) is 0 Å². The molecule has 0 radical (unpaired) electrons. The molecule has 2 rings (SSSR count). The van der Waals surface area contributed by atoms with Crippen LogP contribution in [0, 0.1) is 5.92 Å². The van der Waals surface area contributed by atoms with E-state index in [9.17, 15) is 4.79 Å². The third-order valence-electron chi connectivity index (χ3n) is 3.87. The van der Waals surface area contributed by atoms with E-state index in [0.717, 1.165) is 22.9 Å². The van der Waals surface area contributed by atoms with Crippen LogP contribution in [0.2, 0.25) is 5.02 Å². The molecule has 2 nitrogen and oxygen atoms in total. The molecule has 98 valence electrons. The number of hydrogen-bond acceptors (Lipinski definition) is 1. The number of carbonyl (C=O) groups is 1. The van der Waals surface area contributed by atoms with E-state index in [4.69, 9.17) is 11.6 Å². The Labute approximate surface area is 114 Å². The highest BCUT2D eigenvalue weighted by Crippen LogP contribution is 2.34. The highest BCUT2D eigenvalue weighted by Gasteiger charge is 2.32. The van der Waals surface area contributed by atoms with Crippen LogP contribution in [0.25, 0.3) is 0 Å². The van der Waals surface area contributed by atoms with Crippen LogP contribution in [0.15, 0.2) is 24.3 Å². The minimum atomic E-state index is 0.217. The Kier molecular flexibility index (Phi) is 4.28. The molecule has 0 spiro atoms. The Morgan fingerprint density at radius 1 is 1.44 bits per heavy atom. The van der Waals surface area contributed by atoms with E-state index in [2.05, 4.69) is 6.92 Å². The first-order valence-electron chi connectivity index (χ1n) is 6.58. The van der Waals surface area contributed by atoms with Gasteiger partial charge in [0.05, 0.1) is 0 Å². The van der Waals surface area contributed by atoms with E-state index in [1.54, 1.807) is 0 Å². The van der Waals surface area contributed by atoms with Gasteiger partial charge in [-0.25, -0.2) is 0 Å². The number of halogens is 1. The number of rotatable bonds is 5. The molecule has 0 saturated heterocycles. The molecule has 1 fully saturated rings. The van der Waals surface area contributed by atoms with Crippen LogP contribution >= 0.6 is 11.6 Å². The van der Waals surface area contributed by atoms with Gasteiger partial charge in [0.25, 0.3) is 0 Å². The lowest BCUT2D eigenvalue weighted by atomic mass is 10.1. The Bertz CT molecular complexity index is 428. The van der Waals surface area contributed by atoms with Crippen molar-refractivity contribution in [2.24, 2.45) is 5.92 Å². The van der Waals surface area contributed by atoms with Gasteiger partial charge in [0.15, 0.2) is 0 Å². The summed E-state index contributed by atoms with van der Waals surface area (Å²) in [5, 5.41) is 0.753. The maximum atomic E-state index is 12.1. The summed E-state index contributed by atoms with van der Waals surface area (Å²) in [5.41, 5.74) is 1.06. The number of nitrogens with zero attached hydrogens (tertiary/aromatic N) is 1. The van der Waals surface area contributed by atoms with Crippen LogP contribution in [0.1, 0.15) is 31.7 Å². The first-order chi connectivity index (χ1) is 8.59. The van der Waals surface area contributed by atoms with Crippen molar-refractivity contribution in [2.45, 2.75) is 38.6 Å². The zero-order chi connectivity index (χ0) is 13.1. The summed E-state index contributed by atoms with van der Waals surface area (Å²) in [6, 6.07) is 8.11. The summed E-state index contributed by atoms with van der Waals surface area (Å²) in [6.07, 6.45) is 3.80. The molecular weight excluding hydrogens is 246 g/mol. The fraction of sp³-hybridized carbons (Fsp3) is 0.533. The molecule has 0 heterocycles. The fourth-order valence-corrected chi connectivity index (χ4v) is 2.47. The number of benzene rings is 1. The van der Waals surface area contributed by atoms with E-state index >= 15 is 0 Å². The van der Waals surface area contributed by atoms with E-state index in [1.165, 1.54) is 12.8 Å². The number of carbonyl (C=O) groups excluding carboxylic acids is 1. The minimum absolute atomic E-state index is 0.217. The quantitative estimate of drug-likeness (QED) is 0.798. The smallest absolute Gasteiger partial charge is 0.222 e. The summed E-state index contributed by atoms with van der Waals surface area (Å²) in [4.78, 5) is 14.0. The van der Waals surface area contributed by atoms with Crippen LogP contribution in [0.4, 0.5) is 0 Å². The molecule has 1 aliphatic rings. The second-order valence-corrected chi connectivity index (χ2v) is 5.58. The predicted molar refractivity (Wildman–Crippen MR) is 74.7 cm³/mol. The van der Waals surface area contributed by atoms with Gasteiger partial charge in [-0.1, -0.05) is 29.8 Å². The van der Waals surface area contributed by atoms with E-state index in [1.807, 2.05) is 36.2 Å². The fourth-order valence-electron chi connectivity index (χ4n) is 2.24. The largest absolute Gasteiger partial charge is 0.343 e. The molecule has 0 bridgehead atoms. The summed E-state index contributed by atoms with van der Waals surface area (Å²) >= 11 is 6.09. The molecule has 3 heteroatoms. The topological polar surface area (TPSA) is 20.3 Å². The van der Waals surface area contributed by atoms with Crippen molar-refractivity contribution < 1.29 is 4.79 Å². The van der Waals surface area contributed by atoms with Crippen LogP contribution in [0.5, 0.6) is 0 Å². The van der Waals surface area contributed by atoms with Gasteiger partial charge < -0.3 is 4.90 Å². The lowest BCUT2D eigenvalue weighted by Gasteiger charge is -2.25. The highest BCUT2D eigenvalue weighted by atomic mass is 35.5. The summed E-state index contributed by atoms with van der Waals surface area (Å²) in [5.74, 6) is 0.939.